The molecule has 1 fully saturated rings. The highest BCUT2D eigenvalue weighted by Gasteiger charge is 2.68. The van der Waals surface area contributed by atoms with E-state index < -0.39 is 8.07 Å². The zero-order chi connectivity index (χ0) is 17.3. The van der Waals surface area contributed by atoms with Crippen LogP contribution in [0.2, 0.25) is 5.04 Å². The maximum absolute atomic E-state index is 12.5. The van der Waals surface area contributed by atoms with Crippen LogP contribution in [0.4, 0.5) is 0 Å². The number of aldehydes is 1. The van der Waals surface area contributed by atoms with Gasteiger partial charge in [0.1, 0.15) is 6.29 Å². The van der Waals surface area contributed by atoms with Gasteiger partial charge < -0.3 is 4.79 Å². The second kappa shape index (κ2) is 6.12. The summed E-state index contributed by atoms with van der Waals surface area (Å²) >= 11 is 0. The lowest BCUT2D eigenvalue weighted by atomic mass is 10.3. The van der Waals surface area contributed by atoms with Crippen molar-refractivity contribution in [1.82, 2.24) is 0 Å². The van der Waals surface area contributed by atoms with E-state index in [-0.39, 0.29) is 5.04 Å². The van der Waals surface area contributed by atoms with Crippen LogP contribution in [0.25, 0.3) is 0 Å². The Morgan fingerprint density at radius 2 is 1.08 bits per heavy atom. The van der Waals surface area contributed by atoms with Gasteiger partial charge in [0.2, 0.25) is 0 Å². The number of hydrogen-bond acceptors (Lipinski definition) is 1. The molecule has 1 aliphatic rings. The minimum Gasteiger partial charge on any atom is -0.303 e. The molecule has 0 heterocycles. The van der Waals surface area contributed by atoms with Gasteiger partial charge >= 0.3 is 0 Å². The van der Waals surface area contributed by atoms with E-state index in [1.54, 1.807) is 0 Å². The van der Waals surface area contributed by atoms with E-state index >= 15 is 0 Å². The second-order valence-electron chi connectivity index (χ2n) is 7.11. The summed E-state index contributed by atoms with van der Waals surface area (Å²) in [4.78, 5) is 12.5. The Balaban J connectivity index is 2.12. The zero-order valence-corrected chi connectivity index (χ0v) is 15.4. The lowest BCUT2D eigenvalue weighted by Crippen LogP contribution is -2.71. The Labute approximate surface area is 150 Å². The molecule has 0 aliphatic heterocycles. The van der Waals surface area contributed by atoms with Crippen molar-refractivity contribution in [3.63, 3.8) is 0 Å². The molecule has 0 amide bonds. The third-order valence-corrected chi connectivity index (χ3v) is 11.7. The average molecular weight is 343 g/mol. The van der Waals surface area contributed by atoms with Crippen LogP contribution in [0.5, 0.6) is 0 Å². The molecular formula is C23H22OSi. The summed E-state index contributed by atoms with van der Waals surface area (Å²) in [6.45, 7) is 2.23. The molecule has 0 aromatic heterocycles. The predicted molar refractivity (Wildman–Crippen MR) is 107 cm³/mol. The molecule has 0 saturated heterocycles. The topological polar surface area (TPSA) is 17.1 Å². The Kier molecular flexibility index (Phi) is 3.93. The number of carbonyl (C=O) groups is 1. The Morgan fingerprint density at radius 3 is 1.32 bits per heavy atom. The average Bonchev–Trinajstić information content (AvgIpc) is 3.36. The predicted octanol–water partition coefficient (Wildman–Crippen LogP) is 3.14. The smallest absolute Gasteiger partial charge is 0.161 e. The van der Waals surface area contributed by atoms with Crippen molar-refractivity contribution < 1.29 is 4.79 Å². The second-order valence-corrected chi connectivity index (χ2v) is 11.3. The van der Waals surface area contributed by atoms with E-state index in [0.29, 0.717) is 5.92 Å². The molecule has 1 aliphatic carbocycles. The largest absolute Gasteiger partial charge is 0.303 e. The van der Waals surface area contributed by atoms with E-state index in [4.69, 9.17) is 0 Å². The third kappa shape index (κ3) is 2.25. The van der Waals surface area contributed by atoms with Crippen molar-refractivity contribution in [2.75, 3.05) is 0 Å². The van der Waals surface area contributed by atoms with Crippen LogP contribution in [-0.4, -0.2) is 14.4 Å². The highest BCUT2D eigenvalue weighted by molar-refractivity contribution is 7.15. The molecule has 0 radical (unpaired) electrons. The van der Waals surface area contributed by atoms with Crippen molar-refractivity contribution in [1.29, 1.82) is 0 Å². The Morgan fingerprint density at radius 1 is 0.760 bits per heavy atom. The SMILES string of the molecule is CC1CC1(C=O)[Si](c1ccccc1)(c1ccccc1)c1ccccc1. The van der Waals surface area contributed by atoms with E-state index in [9.17, 15) is 4.79 Å². The van der Waals surface area contributed by atoms with Crippen LogP contribution in [0, 0.1) is 5.92 Å². The third-order valence-electron chi connectivity index (χ3n) is 5.89. The van der Waals surface area contributed by atoms with Gasteiger partial charge in [0.15, 0.2) is 8.07 Å². The molecule has 25 heavy (non-hydrogen) atoms. The summed E-state index contributed by atoms with van der Waals surface area (Å²) < 4.78 is 0. The first-order valence-corrected chi connectivity index (χ1v) is 10.9. The molecule has 3 aromatic rings. The van der Waals surface area contributed by atoms with Gasteiger partial charge in [0.05, 0.1) is 0 Å². The Hall–Kier alpha value is -2.45. The molecule has 1 saturated carbocycles. The molecule has 0 bridgehead atoms. The van der Waals surface area contributed by atoms with E-state index in [1.165, 1.54) is 21.8 Å². The fraction of sp³-hybridized carbons (Fsp3) is 0.174. The normalized spacial score (nSPS) is 22.4. The molecule has 0 N–H and O–H groups in total. The summed E-state index contributed by atoms with van der Waals surface area (Å²) in [6.07, 6.45) is 2.25. The molecule has 3 aromatic carbocycles. The van der Waals surface area contributed by atoms with Crippen molar-refractivity contribution in [3.8, 4) is 0 Å². The van der Waals surface area contributed by atoms with Gasteiger partial charge in [-0.3, -0.25) is 0 Å². The number of benzene rings is 3. The molecule has 2 heteroatoms. The molecule has 0 spiro atoms. The zero-order valence-electron chi connectivity index (χ0n) is 14.4. The quantitative estimate of drug-likeness (QED) is 0.395. The Bertz CT molecular complexity index is 764. The molecule has 2 atom stereocenters. The van der Waals surface area contributed by atoms with Crippen LogP contribution in [0.1, 0.15) is 13.3 Å². The van der Waals surface area contributed by atoms with Crippen LogP contribution < -0.4 is 15.6 Å². The summed E-state index contributed by atoms with van der Waals surface area (Å²) in [5, 5.41) is 3.70. The molecule has 1 nitrogen and oxygen atoms in total. The number of carbonyl (C=O) groups excluding carboxylic acids is 1. The van der Waals surface area contributed by atoms with Gasteiger partial charge in [0.25, 0.3) is 0 Å². The van der Waals surface area contributed by atoms with Gasteiger partial charge in [-0.05, 0) is 27.9 Å². The summed E-state index contributed by atoms with van der Waals surface area (Å²) in [5.74, 6) is 0.414. The van der Waals surface area contributed by atoms with Gasteiger partial charge in [-0.15, -0.1) is 0 Å². The number of rotatable bonds is 5. The van der Waals surface area contributed by atoms with E-state index in [2.05, 4.69) is 97.9 Å². The lowest BCUT2D eigenvalue weighted by molar-refractivity contribution is -0.108. The summed E-state index contributed by atoms with van der Waals surface area (Å²) in [6, 6.07) is 32.2. The fourth-order valence-corrected chi connectivity index (χ4v) is 10.8. The van der Waals surface area contributed by atoms with Crippen LogP contribution in [0.3, 0.4) is 0 Å². The van der Waals surface area contributed by atoms with Crippen molar-refractivity contribution in [2.45, 2.75) is 18.4 Å². The van der Waals surface area contributed by atoms with Crippen LogP contribution in [0.15, 0.2) is 91.0 Å². The monoisotopic (exact) mass is 342 g/mol. The minimum absolute atomic E-state index is 0.267. The van der Waals surface area contributed by atoms with Crippen molar-refractivity contribution >= 4 is 29.9 Å². The maximum Gasteiger partial charge on any atom is 0.161 e. The molecule has 4 rings (SSSR count). The molecule has 2 unspecified atom stereocenters. The minimum atomic E-state index is -2.47. The first kappa shape index (κ1) is 16.0. The van der Waals surface area contributed by atoms with Crippen molar-refractivity contribution in [2.24, 2.45) is 5.92 Å². The summed E-state index contributed by atoms with van der Waals surface area (Å²) in [5.41, 5.74) is 0. The fourth-order valence-electron chi connectivity index (χ4n) is 4.59. The molecular weight excluding hydrogens is 320 g/mol. The van der Waals surface area contributed by atoms with Gasteiger partial charge in [-0.25, -0.2) is 0 Å². The van der Waals surface area contributed by atoms with Gasteiger partial charge in [-0.1, -0.05) is 97.9 Å². The van der Waals surface area contributed by atoms with Gasteiger partial charge in [0, 0.05) is 5.04 Å². The summed E-state index contributed by atoms with van der Waals surface area (Å²) in [7, 11) is -2.47. The van der Waals surface area contributed by atoms with Crippen LogP contribution in [-0.2, 0) is 4.79 Å². The lowest BCUT2D eigenvalue weighted by Gasteiger charge is -2.39. The van der Waals surface area contributed by atoms with Crippen molar-refractivity contribution in [3.05, 3.63) is 91.0 Å². The standard InChI is InChI=1S/C23H22OSi/c1-19-17-23(19,18-24)25(20-11-5-2-6-12-20,21-13-7-3-8-14-21)22-15-9-4-10-16-22/h2-16,18-19H,17H2,1H3. The maximum atomic E-state index is 12.5. The van der Waals surface area contributed by atoms with Gasteiger partial charge in [-0.2, -0.15) is 0 Å². The highest BCUT2D eigenvalue weighted by atomic mass is 28.3. The molecule has 124 valence electrons. The van der Waals surface area contributed by atoms with Crippen LogP contribution >= 0.6 is 0 Å². The van der Waals surface area contributed by atoms with E-state index in [0.717, 1.165) is 6.42 Å². The highest BCUT2D eigenvalue weighted by Crippen LogP contribution is 2.63. The number of hydrogen-bond donors (Lipinski definition) is 0. The first-order valence-electron chi connectivity index (χ1n) is 8.88. The first-order chi connectivity index (χ1) is 12.3. The van der Waals surface area contributed by atoms with E-state index in [1.807, 2.05) is 0 Å².